The summed E-state index contributed by atoms with van der Waals surface area (Å²) in [6, 6.07) is 11.7. The standard InChI is InChI=1S/C20H23N5O3S2/c1-20(2,3)12-5-10-16-15(11-12)17(18(26)25(16)4)23-24-19(29)22-13-6-8-14(9-7-13)30(21,27)28/h5-11H,1-4H3,(H2,21,27,28)(H2,22,24,29). The Morgan fingerprint density at radius 3 is 2.33 bits per heavy atom. The summed E-state index contributed by atoms with van der Waals surface area (Å²) in [6.45, 7) is 6.31. The third-order valence-corrected chi connectivity index (χ3v) is 5.82. The highest BCUT2D eigenvalue weighted by molar-refractivity contribution is 7.89. The van der Waals surface area contributed by atoms with Crippen LogP contribution in [0.5, 0.6) is 0 Å². The predicted molar refractivity (Wildman–Crippen MR) is 122 cm³/mol. The van der Waals surface area contributed by atoms with Gasteiger partial charge < -0.3 is 10.2 Å². The van der Waals surface area contributed by atoms with Gasteiger partial charge in [-0.1, -0.05) is 26.8 Å². The number of likely N-dealkylation sites (N-methyl/N-ethyl adjacent to an activating group) is 1. The molecule has 0 aliphatic carbocycles. The first-order chi connectivity index (χ1) is 13.9. The highest BCUT2D eigenvalue weighted by Crippen LogP contribution is 2.32. The minimum absolute atomic E-state index is 0.00183. The molecule has 8 nitrogen and oxygen atoms in total. The van der Waals surface area contributed by atoms with E-state index in [1.165, 1.54) is 24.3 Å². The maximum absolute atomic E-state index is 12.6. The molecule has 0 unspecified atom stereocenters. The van der Waals surface area contributed by atoms with Gasteiger partial charge in [-0.25, -0.2) is 13.6 Å². The lowest BCUT2D eigenvalue weighted by Crippen LogP contribution is -2.30. The summed E-state index contributed by atoms with van der Waals surface area (Å²) in [5, 5.41) is 12.4. The largest absolute Gasteiger partial charge is 0.331 e. The number of sulfonamides is 1. The van der Waals surface area contributed by atoms with E-state index in [0.29, 0.717) is 5.69 Å². The number of thiocarbonyl (C=S) groups is 1. The van der Waals surface area contributed by atoms with Crippen LogP contribution in [-0.2, 0) is 20.2 Å². The van der Waals surface area contributed by atoms with Crippen molar-refractivity contribution in [2.45, 2.75) is 31.1 Å². The molecule has 2 aromatic carbocycles. The molecule has 0 spiro atoms. The van der Waals surface area contributed by atoms with Gasteiger partial charge in [0.1, 0.15) is 0 Å². The minimum atomic E-state index is -3.76. The highest BCUT2D eigenvalue weighted by Gasteiger charge is 2.33. The van der Waals surface area contributed by atoms with Crippen LogP contribution < -0.4 is 20.8 Å². The van der Waals surface area contributed by atoms with Crippen molar-refractivity contribution in [1.29, 1.82) is 0 Å². The van der Waals surface area contributed by atoms with Gasteiger partial charge in [-0.2, -0.15) is 5.10 Å². The van der Waals surface area contributed by atoms with Crippen LogP contribution in [0, 0.1) is 0 Å². The molecule has 0 aromatic heterocycles. The average Bonchev–Trinajstić information content (AvgIpc) is 2.89. The Morgan fingerprint density at radius 2 is 1.77 bits per heavy atom. The Kier molecular flexibility index (Phi) is 5.68. The second kappa shape index (κ2) is 7.78. The first-order valence-corrected chi connectivity index (χ1v) is 11.0. The highest BCUT2D eigenvalue weighted by atomic mass is 32.2. The molecule has 0 atom stereocenters. The van der Waals surface area contributed by atoms with Crippen molar-refractivity contribution in [1.82, 2.24) is 5.43 Å². The summed E-state index contributed by atoms with van der Waals surface area (Å²) >= 11 is 5.23. The monoisotopic (exact) mass is 445 g/mol. The Morgan fingerprint density at radius 1 is 1.13 bits per heavy atom. The van der Waals surface area contributed by atoms with Crippen molar-refractivity contribution in [2.75, 3.05) is 17.3 Å². The molecule has 1 heterocycles. The molecule has 4 N–H and O–H groups in total. The smallest absolute Gasteiger partial charge is 0.279 e. The first-order valence-electron chi connectivity index (χ1n) is 9.08. The van der Waals surface area contributed by atoms with Gasteiger partial charge in [-0.05, 0) is 59.6 Å². The van der Waals surface area contributed by atoms with Crippen LogP contribution in [-0.4, -0.2) is 32.2 Å². The van der Waals surface area contributed by atoms with Gasteiger partial charge in [-0.15, -0.1) is 0 Å². The lowest BCUT2D eigenvalue weighted by Gasteiger charge is -2.20. The maximum atomic E-state index is 12.6. The normalized spacial score (nSPS) is 15.3. The third kappa shape index (κ3) is 4.50. The second-order valence-corrected chi connectivity index (χ2v) is 9.91. The zero-order valence-corrected chi connectivity index (χ0v) is 18.7. The van der Waals surface area contributed by atoms with Crippen molar-refractivity contribution in [3.63, 3.8) is 0 Å². The summed E-state index contributed by atoms with van der Waals surface area (Å²) < 4.78 is 22.7. The minimum Gasteiger partial charge on any atom is -0.331 e. The van der Waals surface area contributed by atoms with Gasteiger partial charge in [0.2, 0.25) is 10.0 Å². The van der Waals surface area contributed by atoms with E-state index in [-0.39, 0.29) is 27.0 Å². The summed E-state index contributed by atoms with van der Waals surface area (Å²) in [4.78, 5) is 14.2. The number of amides is 1. The van der Waals surface area contributed by atoms with E-state index in [4.69, 9.17) is 17.4 Å². The third-order valence-electron chi connectivity index (χ3n) is 4.70. The van der Waals surface area contributed by atoms with Crippen LogP contribution in [0.3, 0.4) is 0 Å². The molecule has 30 heavy (non-hydrogen) atoms. The predicted octanol–water partition coefficient (Wildman–Crippen LogP) is 2.30. The zero-order valence-electron chi connectivity index (χ0n) is 17.1. The van der Waals surface area contributed by atoms with Gasteiger partial charge in [0, 0.05) is 18.3 Å². The van der Waals surface area contributed by atoms with Gasteiger partial charge in [0.05, 0.1) is 10.6 Å². The van der Waals surface area contributed by atoms with Crippen LogP contribution in [0.4, 0.5) is 11.4 Å². The second-order valence-electron chi connectivity index (χ2n) is 7.94. The maximum Gasteiger partial charge on any atom is 0.279 e. The molecule has 0 saturated heterocycles. The average molecular weight is 446 g/mol. The molecule has 0 fully saturated rings. The number of nitrogens with zero attached hydrogens (tertiary/aromatic N) is 2. The van der Waals surface area contributed by atoms with Crippen molar-refractivity contribution in [2.24, 2.45) is 10.2 Å². The summed E-state index contributed by atoms with van der Waals surface area (Å²) in [5.74, 6) is -0.233. The summed E-state index contributed by atoms with van der Waals surface area (Å²) in [6.07, 6.45) is 0. The van der Waals surface area contributed by atoms with E-state index in [0.717, 1.165) is 16.8 Å². The molecule has 0 radical (unpaired) electrons. The number of hydrogen-bond acceptors (Lipinski definition) is 5. The molecular weight excluding hydrogens is 422 g/mol. The summed E-state index contributed by atoms with van der Waals surface area (Å²) in [7, 11) is -2.07. The number of anilines is 2. The topological polar surface area (TPSA) is 117 Å². The Labute approximate surface area is 181 Å². The molecule has 158 valence electrons. The molecular formula is C20H23N5O3S2. The number of benzene rings is 2. The van der Waals surface area contributed by atoms with E-state index in [1.807, 2.05) is 18.2 Å². The fraction of sp³-hybridized carbons (Fsp3) is 0.250. The quantitative estimate of drug-likeness (QED) is 0.493. The SMILES string of the molecule is CN1C(=O)C(=NNC(=S)Nc2ccc(S(N)(=O)=O)cc2)c2cc(C(C)(C)C)ccc21. The van der Waals surface area contributed by atoms with Crippen molar-refractivity contribution >= 4 is 50.3 Å². The number of hydrogen-bond donors (Lipinski definition) is 3. The Hall–Kier alpha value is -2.82. The molecule has 1 aliphatic heterocycles. The Bertz CT molecular complexity index is 1150. The van der Waals surface area contributed by atoms with Crippen LogP contribution in [0.1, 0.15) is 31.9 Å². The van der Waals surface area contributed by atoms with Crippen molar-refractivity contribution < 1.29 is 13.2 Å². The summed E-state index contributed by atoms with van der Waals surface area (Å²) in [5.41, 5.74) is 6.04. The van der Waals surface area contributed by atoms with Crippen molar-refractivity contribution in [3.8, 4) is 0 Å². The van der Waals surface area contributed by atoms with Gasteiger partial charge >= 0.3 is 0 Å². The number of nitrogens with two attached hydrogens (primary N) is 1. The number of hydrazone groups is 1. The van der Waals surface area contributed by atoms with Crippen LogP contribution in [0.2, 0.25) is 0 Å². The van der Waals surface area contributed by atoms with Gasteiger partial charge in [-0.3, -0.25) is 10.2 Å². The van der Waals surface area contributed by atoms with Crippen LogP contribution in [0.15, 0.2) is 52.5 Å². The van der Waals surface area contributed by atoms with Gasteiger partial charge in [0.15, 0.2) is 10.8 Å². The molecule has 3 rings (SSSR count). The van der Waals surface area contributed by atoms with Gasteiger partial charge in [0.25, 0.3) is 5.91 Å². The number of carbonyl (C=O) groups is 1. The molecule has 2 aromatic rings. The zero-order chi connectivity index (χ0) is 22.3. The molecule has 1 amide bonds. The number of nitrogens with one attached hydrogen (secondary N) is 2. The lowest BCUT2D eigenvalue weighted by molar-refractivity contribution is -0.111. The van der Waals surface area contributed by atoms with Crippen LogP contribution >= 0.6 is 12.2 Å². The fourth-order valence-corrected chi connectivity index (χ4v) is 3.65. The first kappa shape index (κ1) is 21.9. The van der Waals surface area contributed by atoms with E-state index in [1.54, 1.807) is 11.9 Å². The van der Waals surface area contributed by atoms with E-state index in [9.17, 15) is 13.2 Å². The van der Waals surface area contributed by atoms with Crippen LogP contribution in [0.25, 0.3) is 0 Å². The van der Waals surface area contributed by atoms with E-state index >= 15 is 0 Å². The lowest BCUT2D eigenvalue weighted by atomic mass is 9.85. The molecule has 0 saturated carbocycles. The number of rotatable bonds is 3. The molecule has 0 bridgehead atoms. The number of fused-ring (bicyclic) bond motifs is 1. The Balaban J connectivity index is 1.79. The molecule has 10 heteroatoms. The van der Waals surface area contributed by atoms with E-state index < -0.39 is 10.0 Å². The van der Waals surface area contributed by atoms with Crippen molar-refractivity contribution in [3.05, 3.63) is 53.6 Å². The van der Waals surface area contributed by atoms with E-state index in [2.05, 4.69) is 36.6 Å². The molecule has 1 aliphatic rings. The number of carbonyl (C=O) groups excluding carboxylic acids is 1. The number of primary sulfonamides is 1. The fourth-order valence-electron chi connectivity index (χ4n) is 2.97.